The van der Waals surface area contributed by atoms with Gasteiger partial charge in [0.05, 0.1) is 9.85 Å². The molecule has 0 amide bonds. The molecule has 0 heterocycles. The highest BCUT2D eigenvalue weighted by Crippen LogP contribution is 2.18. The number of rotatable bonds is 7. The van der Waals surface area contributed by atoms with Gasteiger partial charge >= 0.3 is 0 Å². The maximum absolute atomic E-state index is 10.5. The predicted molar refractivity (Wildman–Crippen MR) is 82.2 cm³/mol. The standard InChI is InChI=1S/C16H14N2O4/c19-17(20)15-9-5-13(6-10-15)3-1-2-4-14-7-11-16(12-8-14)18(21)22/h3-12H,1-2H2. The van der Waals surface area contributed by atoms with Gasteiger partial charge in [-0.1, -0.05) is 24.3 Å². The third-order valence-electron chi connectivity index (χ3n) is 3.13. The van der Waals surface area contributed by atoms with Crippen molar-refractivity contribution in [3.8, 4) is 0 Å². The summed E-state index contributed by atoms with van der Waals surface area (Å²) >= 11 is 0. The van der Waals surface area contributed by atoms with Gasteiger partial charge in [0.15, 0.2) is 0 Å². The van der Waals surface area contributed by atoms with Crippen molar-refractivity contribution in [2.75, 3.05) is 0 Å². The van der Waals surface area contributed by atoms with Crippen LogP contribution in [0.5, 0.6) is 0 Å². The molecule has 0 unspecified atom stereocenters. The van der Waals surface area contributed by atoms with E-state index in [1.165, 1.54) is 24.3 Å². The molecule has 0 bridgehead atoms. The van der Waals surface area contributed by atoms with Crippen molar-refractivity contribution >= 4 is 11.4 Å². The first-order valence-corrected chi connectivity index (χ1v) is 6.71. The zero-order chi connectivity index (χ0) is 15.9. The molecule has 0 fully saturated rings. The van der Waals surface area contributed by atoms with E-state index in [0.717, 1.165) is 24.0 Å². The molecule has 0 aliphatic rings. The van der Waals surface area contributed by atoms with Gasteiger partial charge in [0.1, 0.15) is 0 Å². The molecule has 0 aliphatic heterocycles. The van der Waals surface area contributed by atoms with Crippen LogP contribution in [0.4, 0.5) is 11.4 Å². The van der Waals surface area contributed by atoms with Crippen molar-refractivity contribution in [2.24, 2.45) is 0 Å². The molecule has 6 nitrogen and oxygen atoms in total. The van der Waals surface area contributed by atoms with Crippen LogP contribution in [0.1, 0.15) is 24.0 Å². The van der Waals surface area contributed by atoms with Gasteiger partial charge in [-0.2, -0.15) is 0 Å². The second kappa shape index (κ2) is 7.31. The Labute approximate surface area is 127 Å². The Morgan fingerprint density at radius 2 is 1.00 bits per heavy atom. The lowest BCUT2D eigenvalue weighted by Gasteiger charge is -2.02. The van der Waals surface area contributed by atoms with Crippen LogP contribution in [-0.4, -0.2) is 9.85 Å². The van der Waals surface area contributed by atoms with Crippen LogP contribution in [0.3, 0.4) is 0 Å². The van der Waals surface area contributed by atoms with E-state index in [1.54, 1.807) is 24.3 Å². The molecule has 6 heteroatoms. The van der Waals surface area contributed by atoms with Crippen LogP contribution in [0.15, 0.2) is 48.5 Å². The molecule has 0 saturated carbocycles. The highest BCUT2D eigenvalue weighted by molar-refractivity contribution is 5.37. The minimum atomic E-state index is -0.424. The van der Waals surface area contributed by atoms with Crippen molar-refractivity contribution in [3.05, 3.63) is 92.7 Å². The van der Waals surface area contributed by atoms with Crippen LogP contribution in [0, 0.1) is 33.1 Å². The number of unbranched alkanes of at least 4 members (excludes halogenated alkanes) is 1. The molecule has 2 aromatic carbocycles. The van der Waals surface area contributed by atoms with Crippen LogP contribution in [-0.2, 0) is 0 Å². The minimum Gasteiger partial charge on any atom is -0.258 e. The molecule has 0 aliphatic carbocycles. The van der Waals surface area contributed by atoms with Gasteiger partial charge in [0, 0.05) is 24.3 Å². The second-order valence-electron chi connectivity index (χ2n) is 4.68. The van der Waals surface area contributed by atoms with Crippen molar-refractivity contribution in [3.63, 3.8) is 0 Å². The molecule has 2 rings (SSSR count). The smallest absolute Gasteiger partial charge is 0.258 e. The molecular weight excluding hydrogens is 284 g/mol. The predicted octanol–water partition coefficient (Wildman–Crippen LogP) is 4.09. The average Bonchev–Trinajstić information content (AvgIpc) is 2.52. The van der Waals surface area contributed by atoms with Crippen molar-refractivity contribution in [1.29, 1.82) is 0 Å². The van der Waals surface area contributed by atoms with Crippen molar-refractivity contribution in [2.45, 2.75) is 12.8 Å². The second-order valence-corrected chi connectivity index (χ2v) is 4.68. The van der Waals surface area contributed by atoms with E-state index in [9.17, 15) is 20.2 Å². The van der Waals surface area contributed by atoms with Crippen LogP contribution >= 0.6 is 0 Å². The van der Waals surface area contributed by atoms with E-state index < -0.39 is 9.85 Å². The maximum Gasteiger partial charge on any atom is 0.269 e. The van der Waals surface area contributed by atoms with Gasteiger partial charge in [0.25, 0.3) is 11.4 Å². The van der Waals surface area contributed by atoms with Gasteiger partial charge in [-0.25, -0.2) is 0 Å². The van der Waals surface area contributed by atoms with Crippen LogP contribution in [0.25, 0.3) is 0 Å². The third-order valence-corrected chi connectivity index (χ3v) is 3.13. The fourth-order valence-corrected chi connectivity index (χ4v) is 1.96. The number of nitro groups is 2. The van der Waals surface area contributed by atoms with Crippen molar-refractivity contribution in [1.82, 2.24) is 0 Å². The first-order valence-electron chi connectivity index (χ1n) is 6.71. The molecule has 0 spiro atoms. The summed E-state index contributed by atoms with van der Waals surface area (Å²) in [5, 5.41) is 21.1. The molecule has 22 heavy (non-hydrogen) atoms. The van der Waals surface area contributed by atoms with E-state index in [4.69, 9.17) is 0 Å². The molecule has 0 aromatic heterocycles. The van der Waals surface area contributed by atoms with E-state index >= 15 is 0 Å². The summed E-state index contributed by atoms with van der Waals surface area (Å²) in [7, 11) is 0. The first-order chi connectivity index (χ1) is 10.6. The van der Waals surface area contributed by atoms with E-state index in [-0.39, 0.29) is 11.4 Å². The van der Waals surface area contributed by atoms with Gasteiger partial charge < -0.3 is 0 Å². The number of hydrogen-bond acceptors (Lipinski definition) is 4. The van der Waals surface area contributed by atoms with Gasteiger partial charge in [0.2, 0.25) is 0 Å². The summed E-state index contributed by atoms with van der Waals surface area (Å²) in [4.78, 5) is 20.2. The van der Waals surface area contributed by atoms with Gasteiger partial charge in [-0.3, -0.25) is 20.2 Å². The number of benzene rings is 2. The quantitative estimate of drug-likeness (QED) is 0.437. The summed E-state index contributed by atoms with van der Waals surface area (Å²) in [5.41, 5.74) is 2.02. The molecule has 0 saturated heterocycles. The van der Waals surface area contributed by atoms with Gasteiger partial charge in [-0.05, 0) is 36.8 Å². The van der Waals surface area contributed by atoms with Crippen molar-refractivity contribution < 1.29 is 9.85 Å². The lowest BCUT2D eigenvalue weighted by atomic mass is 10.0. The Kier molecular flexibility index (Phi) is 5.19. The number of non-ortho nitro benzene ring substituents is 2. The Morgan fingerprint density at radius 3 is 1.27 bits per heavy atom. The molecule has 112 valence electrons. The lowest BCUT2D eigenvalue weighted by molar-refractivity contribution is -0.385. The Hall–Kier alpha value is -2.76. The van der Waals surface area contributed by atoms with E-state index in [2.05, 4.69) is 0 Å². The molecule has 2 aromatic rings. The maximum atomic E-state index is 10.5. The highest BCUT2D eigenvalue weighted by Gasteiger charge is 2.05. The summed E-state index contributed by atoms with van der Waals surface area (Å²) in [6, 6.07) is 12.8. The summed E-state index contributed by atoms with van der Waals surface area (Å²) in [6.45, 7) is 0. The highest BCUT2D eigenvalue weighted by atomic mass is 16.6. The summed E-state index contributed by atoms with van der Waals surface area (Å²) < 4.78 is 0. The minimum absolute atomic E-state index is 0.0783. The zero-order valence-corrected chi connectivity index (χ0v) is 11.7. The van der Waals surface area contributed by atoms with E-state index in [1.807, 2.05) is 12.8 Å². The number of nitro benzene ring substituents is 2. The summed E-state index contributed by atoms with van der Waals surface area (Å²) in [5.74, 6) is 0. The molecule has 0 N–H and O–H groups in total. The van der Waals surface area contributed by atoms with Gasteiger partial charge in [-0.15, -0.1) is 0 Å². The summed E-state index contributed by atoms with van der Waals surface area (Å²) in [6.07, 6.45) is 5.56. The largest absolute Gasteiger partial charge is 0.269 e. The molecule has 0 atom stereocenters. The first kappa shape index (κ1) is 15.6. The number of hydrogen-bond donors (Lipinski definition) is 0. The number of nitrogens with zero attached hydrogens (tertiary/aromatic N) is 2. The molecule has 2 radical (unpaired) electrons. The topological polar surface area (TPSA) is 86.3 Å². The Bertz CT molecular complexity index is 591. The fourth-order valence-electron chi connectivity index (χ4n) is 1.96. The van der Waals surface area contributed by atoms with Crippen LogP contribution < -0.4 is 0 Å². The fraction of sp³-hybridized carbons (Fsp3) is 0.125. The third kappa shape index (κ3) is 4.37. The monoisotopic (exact) mass is 298 g/mol. The van der Waals surface area contributed by atoms with Crippen LogP contribution in [0.2, 0.25) is 0 Å². The Morgan fingerprint density at radius 1 is 0.682 bits per heavy atom. The van der Waals surface area contributed by atoms with E-state index in [0.29, 0.717) is 0 Å². The normalized spacial score (nSPS) is 10.4. The SMILES string of the molecule is O=[N+]([O-])c1ccc([CH]CC[CH]c2ccc([N+](=O)[O-])cc2)cc1. The average molecular weight is 298 g/mol. The zero-order valence-electron chi connectivity index (χ0n) is 11.7. The lowest BCUT2D eigenvalue weighted by Crippen LogP contribution is -1.90. The Balaban J connectivity index is 1.77. The molecular formula is C16H14N2O4.